The molecule has 0 atom stereocenters. The fraction of sp³-hybridized carbons (Fsp3) is 0.808. The van der Waals surface area contributed by atoms with Crippen molar-refractivity contribution in [2.24, 2.45) is 0 Å². The van der Waals surface area contributed by atoms with Crippen LogP contribution in [0.15, 0.2) is 12.2 Å². The van der Waals surface area contributed by atoms with Crippen molar-refractivity contribution in [2.75, 3.05) is 20.2 Å². The highest BCUT2D eigenvalue weighted by Gasteiger charge is 2.15. The zero-order valence-electron chi connectivity index (χ0n) is 21.1. The number of rotatable bonds is 20. The van der Waals surface area contributed by atoms with Crippen LogP contribution in [0.5, 0.6) is 0 Å². The molecule has 0 rings (SSSR count). The highest BCUT2D eigenvalue weighted by molar-refractivity contribution is 5.81. The van der Waals surface area contributed by atoms with E-state index in [9.17, 15) is 14.4 Å². The number of allylic oxidation sites excluding steroid dienone is 2. The number of carbonyl (C=O) groups excluding carboxylic acids is 3. The van der Waals surface area contributed by atoms with Crippen LogP contribution in [0.3, 0.4) is 0 Å². The summed E-state index contributed by atoms with van der Waals surface area (Å²) in [5.74, 6) is -0.203. The van der Waals surface area contributed by atoms with Crippen LogP contribution in [-0.4, -0.2) is 48.9 Å². The molecule has 0 fully saturated rings. The van der Waals surface area contributed by atoms with E-state index in [1.54, 1.807) is 0 Å². The molecule has 0 aliphatic heterocycles. The fourth-order valence-corrected chi connectivity index (χ4v) is 3.53. The second-order valence-electron chi connectivity index (χ2n) is 8.76. The van der Waals surface area contributed by atoms with Crippen molar-refractivity contribution in [2.45, 2.75) is 117 Å². The Bertz CT molecular complexity index is 532. The molecule has 0 aliphatic carbocycles. The van der Waals surface area contributed by atoms with Crippen molar-refractivity contribution in [1.82, 2.24) is 10.2 Å². The van der Waals surface area contributed by atoms with E-state index in [-0.39, 0.29) is 18.5 Å². The number of hydrogen-bond acceptors (Lipinski definition) is 4. The van der Waals surface area contributed by atoms with Crippen molar-refractivity contribution in [3.05, 3.63) is 12.2 Å². The SMILES string of the molecule is CCCCCCC(=O)N(CCCC/C=C\CCCCCCC(=O)NCC(=O)OC)C(C)C. The number of nitrogens with zero attached hydrogens (tertiary/aromatic N) is 1. The van der Waals surface area contributed by atoms with Gasteiger partial charge in [-0.1, -0.05) is 51.2 Å². The zero-order chi connectivity index (χ0) is 24.0. The third-order valence-corrected chi connectivity index (χ3v) is 5.56. The standard InChI is InChI=1S/C26H48N2O4/c1-5-6-7-17-20-25(30)28(23(2)3)21-18-15-13-11-9-8-10-12-14-16-19-24(29)27-22-26(31)32-4/h9,11,23H,5-8,10,12-22H2,1-4H3,(H,27,29)/b11-9-. The molecule has 0 heterocycles. The zero-order valence-corrected chi connectivity index (χ0v) is 21.1. The molecule has 0 radical (unpaired) electrons. The van der Waals surface area contributed by atoms with Gasteiger partial charge in [-0.25, -0.2) is 0 Å². The molecular formula is C26H48N2O4. The lowest BCUT2D eigenvalue weighted by Gasteiger charge is -2.27. The number of amides is 2. The van der Waals surface area contributed by atoms with Crippen molar-refractivity contribution in [3.8, 4) is 0 Å². The molecular weight excluding hydrogens is 404 g/mol. The Morgan fingerprint density at radius 2 is 1.44 bits per heavy atom. The lowest BCUT2D eigenvalue weighted by atomic mass is 10.1. The first kappa shape index (κ1) is 30.1. The summed E-state index contributed by atoms with van der Waals surface area (Å²) < 4.78 is 4.49. The number of carbonyl (C=O) groups is 3. The number of hydrogen-bond donors (Lipinski definition) is 1. The van der Waals surface area contributed by atoms with Crippen LogP contribution < -0.4 is 5.32 Å². The maximum Gasteiger partial charge on any atom is 0.325 e. The quantitative estimate of drug-likeness (QED) is 0.149. The minimum Gasteiger partial charge on any atom is -0.468 e. The number of methoxy groups -OCH3 is 1. The van der Waals surface area contributed by atoms with Crippen molar-refractivity contribution < 1.29 is 19.1 Å². The van der Waals surface area contributed by atoms with E-state index in [4.69, 9.17) is 0 Å². The first-order valence-corrected chi connectivity index (χ1v) is 12.7. The molecule has 0 aromatic rings. The van der Waals surface area contributed by atoms with Crippen molar-refractivity contribution in [3.63, 3.8) is 0 Å². The molecule has 0 spiro atoms. The van der Waals surface area contributed by atoms with Crippen LogP contribution in [0, 0.1) is 0 Å². The topological polar surface area (TPSA) is 75.7 Å². The Morgan fingerprint density at radius 1 is 0.844 bits per heavy atom. The highest BCUT2D eigenvalue weighted by Crippen LogP contribution is 2.11. The van der Waals surface area contributed by atoms with Crippen molar-refractivity contribution >= 4 is 17.8 Å². The van der Waals surface area contributed by atoms with Crippen LogP contribution in [0.25, 0.3) is 0 Å². The molecule has 0 aromatic carbocycles. The maximum atomic E-state index is 12.4. The number of unbranched alkanes of at least 4 members (excludes halogenated alkanes) is 9. The second-order valence-corrected chi connectivity index (χ2v) is 8.76. The summed E-state index contributed by atoms with van der Waals surface area (Å²) in [5, 5.41) is 2.56. The molecule has 6 heteroatoms. The monoisotopic (exact) mass is 452 g/mol. The Hall–Kier alpha value is -1.85. The van der Waals surface area contributed by atoms with Gasteiger partial charge in [0.1, 0.15) is 6.54 Å². The van der Waals surface area contributed by atoms with Gasteiger partial charge in [-0.15, -0.1) is 0 Å². The predicted octanol–water partition coefficient (Wildman–Crippen LogP) is 5.55. The van der Waals surface area contributed by atoms with E-state index in [1.807, 2.05) is 4.90 Å². The van der Waals surface area contributed by atoms with E-state index in [1.165, 1.54) is 20.0 Å². The summed E-state index contributed by atoms with van der Waals surface area (Å²) in [6, 6.07) is 0.281. The number of esters is 1. The first-order chi connectivity index (χ1) is 15.4. The first-order valence-electron chi connectivity index (χ1n) is 12.7. The largest absolute Gasteiger partial charge is 0.468 e. The van der Waals surface area contributed by atoms with Gasteiger partial charge in [-0.2, -0.15) is 0 Å². The Kier molecular flexibility index (Phi) is 19.8. The van der Waals surface area contributed by atoms with Gasteiger partial charge in [-0.05, 0) is 58.8 Å². The van der Waals surface area contributed by atoms with Gasteiger partial charge >= 0.3 is 5.97 Å². The summed E-state index contributed by atoms with van der Waals surface area (Å²) in [7, 11) is 1.31. The van der Waals surface area contributed by atoms with Crippen LogP contribution in [0.2, 0.25) is 0 Å². The number of nitrogens with one attached hydrogen (secondary N) is 1. The molecule has 2 amide bonds. The highest BCUT2D eigenvalue weighted by atomic mass is 16.5. The summed E-state index contributed by atoms with van der Waals surface area (Å²) in [6.45, 7) is 7.23. The summed E-state index contributed by atoms with van der Waals surface area (Å²) in [6.07, 6.45) is 18.7. The third-order valence-electron chi connectivity index (χ3n) is 5.56. The lowest BCUT2D eigenvalue weighted by molar-refractivity contribution is -0.141. The maximum absolute atomic E-state index is 12.4. The minimum atomic E-state index is -0.423. The van der Waals surface area contributed by atoms with Gasteiger partial charge in [0.25, 0.3) is 0 Å². The average Bonchev–Trinajstić information content (AvgIpc) is 2.77. The normalized spacial score (nSPS) is 11.2. The molecule has 0 aromatic heterocycles. The van der Waals surface area contributed by atoms with E-state index in [0.29, 0.717) is 18.7 Å². The smallest absolute Gasteiger partial charge is 0.325 e. The fourth-order valence-electron chi connectivity index (χ4n) is 3.53. The van der Waals surface area contributed by atoms with E-state index in [2.05, 4.69) is 43.0 Å². The molecule has 0 unspecified atom stereocenters. The van der Waals surface area contributed by atoms with Crippen LogP contribution >= 0.6 is 0 Å². The molecule has 0 bridgehead atoms. The molecule has 0 aliphatic rings. The molecule has 1 N–H and O–H groups in total. The molecule has 186 valence electrons. The van der Waals surface area contributed by atoms with Gasteiger partial charge in [0.05, 0.1) is 7.11 Å². The van der Waals surface area contributed by atoms with Crippen LogP contribution in [0.1, 0.15) is 111 Å². The predicted molar refractivity (Wildman–Crippen MR) is 131 cm³/mol. The van der Waals surface area contributed by atoms with Gasteiger partial charge < -0.3 is 15.0 Å². The van der Waals surface area contributed by atoms with Gasteiger partial charge in [0, 0.05) is 25.4 Å². The minimum absolute atomic E-state index is 0.0506. The Labute approximate surface area is 196 Å². The third kappa shape index (κ3) is 17.8. The molecule has 6 nitrogen and oxygen atoms in total. The second kappa shape index (κ2) is 21.0. The van der Waals surface area contributed by atoms with Gasteiger partial charge in [0.15, 0.2) is 0 Å². The average molecular weight is 453 g/mol. The Balaban J connectivity index is 3.68. The van der Waals surface area contributed by atoms with E-state index in [0.717, 1.165) is 70.8 Å². The number of ether oxygens (including phenoxy) is 1. The van der Waals surface area contributed by atoms with Gasteiger partial charge in [-0.3, -0.25) is 14.4 Å². The van der Waals surface area contributed by atoms with Crippen LogP contribution in [0.4, 0.5) is 0 Å². The summed E-state index contributed by atoms with van der Waals surface area (Å²) >= 11 is 0. The van der Waals surface area contributed by atoms with E-state index < -0.39 is 5.97 Å². The van der Waals surface area contributed by atoms with Gasteiger partial charge in [0.2, 0.25) is 11.8 Å². The van der Waals surface area contributed by atoms with Crippen LogP contribution in [-0.2, 0) is 19.1 Å². The van der Waals surface area contributed by atoms with Crippen molar-refractivity contribution in [1.29, 1.82) is 0 Å². The molecule has 32 heavy (non-hydrogen) atoms. The summed E-state index contributed by atoms with van der Waals surface area (Å²) in [5.41, 5.74) is 0. The Morgan fingerprint density at radius 3 is 2.06 bits per heavy atom. The molecule has 0 saturated heterocycles. The van der Waals surface area contributed by atoms with E-state index >= 15 is 0 Å². The summed E-state index contributed by atoms with van der Waals surface area (Å²) in [4.78, 5) is 37.0. The molecule has 0 saturated carbocycles. The lowest BCUT2D eigenvalue weighted by Crippen LogP contribution is -2.37.